The van der Waals surface area contributed by atoms with Crippen LogP contribution < -0.4 is 20.9 Å². The van der Waals surface area contributed by atoms with Crippen molar-refractivity contribution < 1.29 is 19.0 Å². The van der Waals surface area contributed by atoms with Gasteiger partial charge in [0.05, 0.1) is 18.4 Å². The summed E-state index contributed by atoms with van der Waals surface area (Å²) in [5, 5.41) is 0. The Labute approximate surface area is 219 Å². The summed E-state index contributed by atoms with van der Waals surface area (Å²) in [6.07, 6.45) is 7.66. The van der Waals surface area contributed by atoms with Gasteiger partial charge in [-0.25, -0.2) is 9.97 Å². The van der Waals surface area contributed by atoms with Crippen molar-refractivity contribution in [3.8, 4) is 22.9 Å². The Morgan fingerprint density at radius 3 is 2.71 bits per heavy atom. The highest BCUT2D eigenvalue weighted by molar-refractivity contribution is 5.91. The molecule has 0 saturated heterocycles. The van der Waals surface area contributed by atoms with Crippen LogP contribution in [0.3, 0.4) is 0 Å². The smallest absolute Gasteiger partial charge is 0.241 e. The first kappa shape index (κ1) is 24.8. The molecular weight excluding hydrogens is 482 g/mol. The molecule has 0 saturated carbocycles. The van der Waals surface area contributed by atoms with E-state index >= 15 is 0 Å². The maximum atomic E-state index is 11.0. The third-order valence-corrected chi connectivity index (χ3v) is 6.12. The lowest BCUT2D eigenvalue weighted by atomic mass is 10.1. The first-order valence-corrected chi connectivity index (χ1v) is 12.0. The summed E-state index contributed by atoms with van der Waals surface area (Å²) in [5.41, 5.74) is 16.7. The van der Waals surface area contributed by atoms with E-state index < -0.39 is 5.91 Å². The molecule has 4 N–H and O–H groups in total. The second-order valence-electron chi connectivity index (χ2n) is 8.68. The van der Waals surface area contributed by atoms with Gasteiger partial charge in [-0.3, -0.25) is 4.79 Å². The van der Waals surface area contributed by atoms with Crippen LogP contribution in [0.5, 0.6) is 17.2 Å². The fraction of sp³-hybridized carbons (Fsp3) is 0.138. The number of primary amides is 1. The van der Waals surface area contributed by atoms with Crippen molar-refractivity contribution in [2.45, 2.75) is 19.6 Å². The zero-order valence-corrected chi connectivity index (χ0v) is 20.8. The van der Waals surface area contributed by atoms with E-state index in [9.17, 15) is 4.79 Å². The average Bonchev–Trinajstić information content (AvgIpc) is 3.45. The van der Waals surface area contributed by atoms with Crippen LogP contribution in [-0.4, -0.2) is 27.0 Å². The molecule has 1 amide bonds. The Balaban J connectivity index is 1.34. The Hall–Kier alpha value is -4.89. The topological polar surface area (TPSA) is 128 Å². The second-order valence-corrected chi connectivity index (χ2v) is 8.68. The summed E-state index contributed by atoms with van der Waals surface area (Å²) >= 11 is 0. The van der Waals surface area contributed by atoms with Crippen molar-refractivity contribution in [1.82, 2.24) is 14.5 Å². The minimum Gasteiger partial charge on any atom is -0.489 e. The number of nitrogen functional groups attached to an aromatic ring is 1. The molecule has 0 spiro atoms. The summed E-state index contributed by atoms with van der Waals surface area (Å²) < 4.78 is 19.9. The molecule has 1 unspecified atom stereocenters. The molecule has 0 aliphatic carbocycles. The van der Waals surface area contributed by atoms with Gasteiger partial charge in [0.15, 0.2) is 5.82 Å². The average molecular weight is 510 g/mol. The number of rotatable bonds is 9. The third-order valence-electron chi connectivity index (χ3n) is 6.12. The Bertz CT molecular complexity index is 1570. The maximum Gasteiger partial charge on any atom is 0.241 e. The molecule has 0 fully saturated rings. The van der Waals surface area contributed by atoms with Gasteiger partial charge in [0.2, 0.25) is 5.91 Å². The number of carbonyl (C=O) groups is 1. The fourth-order valence-electron chi connectivity index (χ4n) is 4.43. The lowest BCUT2D eigenvalue weighted by molar-refractivity contribution is -0.113. The second kappa shape index (κ2) is 10.6. The number of carbonyl (C=O) groups excluding carboxylic acids is 1. The molecule has 3 heterocycles. The van der Waals surface area contributed by atoms with Crippen LogP contribution in [-0.2, 0) is 16.1 Å². The molecule has 5 rings (SSSR count). The van der Waals surface area contributed by atoms with Crippen LogP contribution in [0.2, 0.25) is 0 Å². The quantitative estimate of drug-likeness (QED) is 0.242. The van der Waals surface area contributed by atoms with Crippen molar-refractivity contribution in [3.05, 3.63) is 103 Å². The van der Waals surface area contributed by atoms with Crippen LogP contribution in [0.15, 0.2) is 91.3 Å². The zero-order valence-electron chi connectivity index (χ0n) is 20.8. The van der Waals surface area contributed by atoms with Gasteiger partial charge in [-0.2, -0.15) is 0 Å². The molecule has 2 aromatic heterocycles. The molecule has 2 aromatic carbocycles. The third kappa shape index (κ3) is 5.00. The van der Waals surface area contributed by atoms with Crippen LogP contribution >= 0.6 is 0 Å². The molecule has 1 aliphatic heterocycles. The van der Waals surface area contributed by atoms with Crippen LogP contribution in [0.4, 0.5) is 5.82 Å². The van der Waals surface area contributed by atoms with E-state index in [1.807, 2.05) is 49.4 Å². The summed E-state index contributed by atoms with van der Waals surface area (Å²) in [4.78, 5) is 19.7. The summed E-state index contributed by atoms with van der Waals surface area (Å²) in [7, 11) is 0. The number of nitrogens with zero attached hydrogens (tertiary/aromatic N) is 3. The number of amides is 1. The van der Waals surface area contributed by atoms with Crippen LogP contribution in [0.1, 0.15) is 24.3 Å². The SMILES string of the molecule is C=CC=C(C=CC(N)=O)COc1cccc(Oc2ccc(-n3c4c(c5ncnc(N)c53)C(C)OC4)cc2)c1. The standard InChI is InChI=1S/C29H27N5O4/c1-3-5-19(8-13-25(30)35)15-37-22-6-4-7-23(14-22)38-21-11-9-20(10-12-21)34-24-16-36-18(2)26(24)27-28(34)29(31)33-17-32-27/h3-14,17-18H,1,15-16H2,2H3,(H2,30,35)(H2,31,32,33). The van der Waals surface area contributed by atoms with E-state index in [-0.39, 0.29) is 12.7 Å². The lowest BCUT2D eigenvalue weighted by Gasteiger charge is -2.12. The number of hydrogen-bond donors (Lipinski definition) is 2. The highest BCUT2D eigenvalue weighted by atomic mass is 16.5. The lowest BCUT2D eigenvalue weighted by Crippen LogP contribution is -2.06. The van der Waals surface area contributed by atoms with Gasteiger partial charge in [-0.15, -0.1) is 0 Å². The van der Waals surface area contributed by atoms with Gasteiger partial charge in [0.25, 0.3) is 0 Å². The first-order valence-electron chi connectivity index (χ1n) is 12.0. The van der Waals surface area contributed by atoms with Crippen LogP contribution in [0.25, 0.3) is 16.7 Å². The Kier molecular flexibility index (Phi) is 6.92. The first-order chi connectivity index (χ1) is 18.4. The van der Waals surface area contributed by atoms with Crippen molar-refractivity contribution in [3.63, 3.8) is 0 Å². The minimum atomic E-state index is -0.532. The van der Waals surface area contributed by atoms with E-state index in [1.54, 1.807) is 24.3 Å². The van der Waals surface area contributed by atoms with Gasteiger partial charge < -0.3 is 30.2 Å². The zero-order chi connectivity index (χ0) is 26.6. The highest BCUT2D eigenvalue weighted by Gasteiger charge is 2.30. The van der Waals surface area contributed by atoms with Crippen molar-refractivity contribution >= 4 is 22.8 Å². The molecule has 4 aromatic rings. The van der Waals surface area contributed by atoms with Gasteiger partial charge in [-0.05, 0) is 48.9 Å². The molecule has 192 valence electrons. The predicted molar refractivity (Wildman–Crippen MR) is 145 cm³/mol. The normalized spacial score (nSPS) is 15.1. The number of fused-ring (bicyclic) bond motifs is 3. The van der Waals surface area contributed by atoms with Crippen molar-refractivity contribution in [1.29, 1.82) is 0 Å². The largest absolute Gasteiger partial charge is 0.489 e. The Morgan fingerprint density at radius 1 is 1.16 bits per heavy atom. The predicted octanol–water partition coefficient (Wildman–Crippen LogP) is 4.92. The molecule has 0 radical (unpaired) electrons. The molecule has 9 nitrogen and oxygen atoms in total. The van der Waals surface area contributed by atoms with Crippen LogP contribution in [0, 0.1) is 0 Å². The molecule has 38 heavy (non-hydrogen) atoms. The van der Waals surface area contributed by atoms with Crippen molar-refractivity contribution in [2.24, 2.45) is 5.73 Å². The van der Waals surface area contributed by atoms with E-state index in [1.165, 1.54) is 12.4 Å². The summed E-state index contributed by atoms with van der Waals surface area (Å²) in [5.74, 6) is 1.77. The summed E-state index contributed by atoms with van der Waals surface area (Å²) in [6.45, 7) is 6.40. The minimum absolute atomic E-state index is 0.0670. The summed E-state index contributed by atoms with van der Waals surface area (Å²) in [6, 6.07) is 15.0. The monoisotopic (exact) mass is 509 g/mol. The van der Waals surface area contributed by atoms with E-state index in [2.05, 4.69) is 21.1 Å². The number of anilines is 1. The molecule has 9 heteroatoms. The number of ether oxygens (including phenoxy) is 3. The van der Waals surface area contributed by atoms with Gasteiger partial charge in [0.1, 0.15) is 41.2 Å². The van der Waals surface area contributed by atoms with Gasteiger partial charge in [-0.1, -0.05) is 30.9 Å². The van der Waals surface area contributed by atoms with E-state index in [0.29, 0.717) is 29.7 Å². The highest BCUT2D eigenvalue weighted by Crippen LogP contribution is 2.41. The number of aromatic nitrogens is 3. The number of hydrogen-bond acceptors (Lipinski definition) is 7. The van der Waals surface area contributed by atoms with Crippen molar-refractivity contribution in [2.75, 3.05) is 12.3 Å². The molecule has 0 bridgehead atoms. The molecule has 1 atom stereocenters. The van der Waals surface area contributed by atoms with Gasteiger partial charge in [0, 0.05) is 23.4 Å². The number of nitrogens with two attached hydrogens (primary N) is 2. The number of allylic oxidation sites excluding steroid dienone is 2. The maximum absolute atomic E-state index is 11.0. The fourth-order valence-corrected chi connectivity index (χ4v) is 4.43. The van der Waals surface area contributed by atoms with Gasteiger partial charge >= 0.3 is 0 Å². The van der Waals surface area contributed by atoms with E-state index in [0.717, 1.165) is 33.6 Å². The Morgan fingerprint density at radius 2 is 1.95 bits per heavy atom. The molecule has 1 aliphatic rings. The number of benzene rings is 2. The van der Waals surface area contributed by atoms with E-state index in [4.69, 9.17) is 25.7 Å². The molecular formula is C29H27N5O4.